The van der Waals surface area contributed by atoms with Gasteiger partial charge in [0.1, 0.15) is 11.5 Å². The molecule has 0 aliphatic carbocycles. The summed E-state index contributed by atoms with van der Waals surface area (Å²) in [4.78, 5) is 13.5. The van der Waals surface area contributed by atoms with Gasteiger partial charge in [-0.1, -0.05) is 54.6 Å². The summed E-state index contributed by atoms with van der Waals surface area (Å²) in [6.45, 7) is 1.94. The van der Waals surface area contributed by atoms with Crippen LogP contribution in [0.1, 0.15) is 18.5 Å². The Morgan fingerprint density at radius 1 is 0.793 bits per heavy atom. The zero-order valence-corrected chi connectivity index (χ0v) is 15.9. The third-order valence-corrected chi connectivity index (χ3v) is 4.99. The predicted octanol–water partition coefficient (Wildman–Crippen LogP) is 4.60. The molecule has 0 aliphatic rings. The third kappa shape index (κ3) is 3.62. The van der Waals surface area contributed by atoms with Gasteiger partial charge in [0.25, 0.3) is 5.56 Å². The van der Waals surface area contributed by atoms with E-state index >= 15 is 0 Å². The summed E-state index contributed by atoms with van der Waals surface area (Å²) >= 11 is 0. The first kappa shape index (κ1) is 18.5. The monoisotopic (exact) mass is 384 g/mol. The summed E-state index contributed by atoms with van der Waals surface area (Å²) in [6, 6.07) is 22.7. The van der Waals surface area contributed by atoms with Crippen molar-refractivity contribution in [1.29, 1.82) is 0 Å². The summed E-state index contributed by atoms with van der Waals surface area (Å²) in [6.07, 6.45) is 1.68. The maximum atomic E-state index is 13.5. The van der Waals surface area contributed by atoms with Gasteiger partial charge in [0.15, 0.2) is 0 Å². The predicted molar refractivity (Wildman–Crippen MR) is 113 cm³/mol. The fourth-order valence-corrected chi connectivity index (χ4v) is 3.38. The smallest absolute Gasteiger partial charge is 0.275 e. The fraction of sp³-hybridized carbons (Fsp3) is 0.0833. The van der Waals surface area contributed by atoms with E-state index in [-0.39, 0.29) is 23.1 Å². The molecule has 2 N–H and O–H groups in total. The van der Waals surface area contributed by atoms with Gasteiger partial charge in [-0.2, -0.15) is 5.10 Å². The molecule has 4 rings (SSSR count). The molecule has 0 amide bonds. The molecule has 29 heavy (non-hydrogen) atoms. The lowest BCUT2D eigenvalue weighted by Crippen LogP contribution is -2.28. The van der Waals surface area contributed by atoms with E-state index in [1.807, 2.05) is 37.3 Å². The summed E-state index contributed by atoms with van der Waals surface area (Å²) in [5.74, 6) is 0.283. The van der Waals surface area contributed by atoms with E-state index in [4.69, 9.17) is 0 Å². The highest BCUT2D eigenvalue weighted by Crippen LogP contribution is 2.31. The molecule has 0 spiro atoms. The first-order valence-electron chi connectivity index (χ1n) is 9.30. The van der Waals surface area contributed by atoms with Crippen molar-refractivity contribution in [1.82, 2.24) is 9.78 Å². The Morgan fingerprint density at radius 3 is 1.93 bits per heavy atom. The highest BCUT2D eigenvalue weighted by Gasteiger charge is 2.19. The van der Waals surface area contributed by atoms with Crippen LogP contribution in [0.2, 0.25) is 0 Å². The Morgan fingerprint density at radius 2 is 1.34 bits per heavy atom. The molecule has 0 bridgehead atoms. The Hall–Kier alpha value is -3.86. The van der Waals surface area contributed by atoms with Crippen molar-refractivity contribution in [3.05, 3.63) is 101 Å². The summed E-state index contributed by atoms with van der Waals surface area (Å²) in [5, 5.41) is 23.7. The van der Waals surface area contributed by atoms with E-state index in [0.29, 0.717) is 16.7 Å². The van der Waals surface area contributed by atoms with E-state index < -0.39 is 0 Å². The molecule has 4 aromatic rings. The van der Waals surface area contributed by atoms with Crippen LogP contribution in [0.4, 0.5) is 0 Å². The molecular weight excluding hydrogens is 364 g/mol. The van der Waals surface area contributed by atoms with Gasteiger partial charge in [-0.25, -0.2) is 4.68 Å². The van der Waals surface area contributed by atoms with Crippen molar-refractivity contribution in [2.45, 2.75) is 13.0 Å². The third-order valence-electron chi connectivity index (χ3n) is 4.99. The largest absolute Gasteiger partial charge is 0.508 e. The molecule has 0 radical (unpaired) electrons. The van der Waals surface area contributed by atoms with E-state index in [9.17, 15) is 15.0 Å². The van der Waals surface area contributed by atoms with Gasteiger partial charge >= 0.3 is 0 Å². The molecular formula is C24H20N2O3. The van der Waals surface area contributed by atoms with Crippen LogP contribution < -0.4 is 5.56 Å². The van der Waals surface area contributed by atoms with Crippen LogP contribution in [0, 0.1) is 0 Å². The molecule has 0 aliphatic heterocycles. The van der Waals surface area contributed by atoms with Crippen molar-refractivity contribution in [3.63, 3.8) is 0 Å². The van der Waals surface area contributed by atoms with Gasteiger partial charge in [-0.15, -0.1) is 0 Å². The van der Waals surface area contributed by atoms with Gasteiger partial charge in [0.05, 0.1) is 17.8 Å². The lowest BCUT2D eigenvalue weighted by molar-refractivity contribution is 0.475. The summed E-state index contributed by atoms with van der Waals surface area (Å²) in [5.41, 5.74) is 3.38. The van der Waals surface area contributed by atoms with Crippen LogP contribution in [0.5, 0.6) is 11.5 Å². The highest BCUT2D eigenvalue weighted by atomic mass is 16.3. The average Bonchev–Trinajstić information content (AvgIpc) is 2.75. The van der Waals surface area contributed by atoms with Crippen molar-refractivity contribution in [2.24, 2.45) is 0 Å². The Labute approximate surface area is 168 Å². The number of nitrogens with zero attached hydrogens (tertiary/aromatic N) is 2. The number of aromatic hydroxyl groups is 2. The van der Waals surface area contributed by atoms with E-state index in [1.54, 1.807) is 54.7 Å². The Bertz CT molecular complexity index is 1180. The number of hydrogen-bond acceptors (Lipinski definition) is 4. The van der Waals surface area contributed by atoms with Gasteiger partial charge in [0, 0.05) is 5.56 Å². The maximum absolute atomic E-state index is 13.5. The molecule has 144 valence electrons. The standard InChI is InChI=1S/C24H20N2O3/c1-16(17-5-3-2-4-6-17)26-24(29)23(19-9-13-21(28)14-10-19)22(15-25-26)18-7-11-20(27)12-8-18/h2-16,27-28H,1H3/t16-/m0/s1. The minimum atomic E-state index is -0.242. The number of phenols is 2. The van der Waals surface area contributed by atoms with Crippen molar-refractivity contribution in [2.75, 3.05) is 0 Å². The number of aromatic nitrogens is 2. The van der Waals surface area contributed by atoms with E-state index in [2.05, 4.69) is 5.10 Å². The normalized spacial score (nSPS) is 11.9. The van der Waals surface area contributed by atoms with Crippen LogP contribution in [0.3, 0.4) is 0 Å². The first-order chi connectivity index (χ1) is 14.0. The van der Waals surface area contributed by atoms with Crippen molar-refractivity contribution >= 4 is 0 Å². The number of benzene rings is 3. The van der Waals surface area contributed by atoms with Crippen LogP contribution >= 0.6 is 0 Å². The molecule has 0 saturated heterocycles. The van der Waals surface area contributed by atoms with E-state index in [1.165, 1.54) is 4.68 Å². The minimum absolute atomic E-state index is 0.131. The zero-order chi connectivity index (χ0) is 20.4. The number of rotatable bonds is 4. The number of hydrogen-bond donors (Lipinski definition) is 2. The van der Waals surface area contributed by atoms with Gasteiger partial charge in [-0.05, 0) is 47.9 Å². The average molecular weight is 384 g/mol. The second kappa shape index (κ2) is 7.64. The first-order valence-corrected chi connectivity index (χ1v) is 9.30. The van der Waals surface area contributed by atoms with Crippen LogP contribution in [0.15, 0.2) is 89.9 Å². The van der Waals surface area contributed by atoms with Crippen LogP contribution in [0.25, 0.3) is 22.3 Å². The molecule has 0 fully saturated rings. The van der Waals surface area contributed by atoms with Crippen LogP contribution in [-0.4, -0.2) is 20.0 Å². The molecule has 5 nitrogen and oxygen atoms in total. The second-order valence-corrected chi connectivity index (χ2v) is 6.86. The molecule has 1 aromatic heterocycles. The maximum Gasteiger partial charge on any atom is 0.275 e. The summed E-state index contributed by atoms with van der Waals surface area (Å²) in [7, 11) is 0. The highest BCUT2D eigenvalue weighted by molar-refractivity contribution is 5.82. The molecule has 0 unspecified atom stereocenters. The molecule has 0 saturated carbocycles. The zero-order valence-electron chi connectivity index (χ0n) is 15.9. The van der Waals surface area contributed by atoms with Gasteiger partial charge < -0.3 is 10.2 Å². The number of phenolic OH excluding ortho intramolecular Hbond substituents is 2. The van der Waals surface area contributed by atoms with Crippen molar-refractivity contribution in [3.8, 4) is 33.8 Å². The summed E-state index contributed by atoms with van der Waals surface area (Å²) < 4.78 is 1.47. The fourth-order valence-electron chi connectivity index (χ4n) is 3.38. The van der Waals surface area contributed by atoms with Gasteiger partial charge in [0.2, 0.25) is 0 Å². The Kier molecular flexibility index (Phi) is 4.87. The quantitative estimate of drug-likeness (QED) is 0.539. The lowest BCUT2D eigenvalue weighted by atomic mass is 9.97. The SMILES string of the molecule is C[C@@H](c1ccccc1)n1ncc(-c2ccc(O)cc2)c(-c2ccc(O)cc2)c1=O. The molecule has 5 heteroatoms. The topological polar surface area (TPSA) is 75.3 Å². The molecule has 3 aromatic carbocycles. The lowest BCUT2D eigenvalue weighted by Gasteiger charge is -2.18. The molecule has 1 atom stereocenters. The van der Waals surface area contributed by atoms with Gasteiger partial charge in [-0.3, -0.25) is 4.79 Å². The van der Waals surface area contributed by atoms with Crippen molar-refractivity contribution < 1.29 is 10.2 Å². The van der Waals surface area contributed by atoms with E-state index in [0.717, 1.165) is 11.1 Å². The van der Waals surface area contributed by atoms with Crippen LogP contribution in [-0.2, 0) is 0 Å². The second-order valence-electron chi connectivity index (χ2n) is 6.86. The minimum Gasteiger partial charge on any atom is -0.508 e. The molecule has 1 heterocycles. The Balaban J connectivity index is 1.93.